The van der Waals surface area contributed by atoms with E-state index >= 15 is 0 Å². The number of ether oxygens (including phenoxy) is 1. The lowest BCUT2D eigenvalue weighted by molar-refractivity contribution is -0.138. The number of hydrogen-bond acceptors (Lipinski definition) is 5. The topological polar surface area (TPSA) is 61.8 Å². The maximum absolute atomic E-state index is 9.60. The lowest BCUT2D eigenvalue weighted by Crippen LogP contribution is -2.50. The summed E-state index contributed by atoms with van der Waals surface area (Å²) in [6.07, 6.45) is 0. The first-order chi connectivity index (χ1) is 7.90. The average Bonchev–Trinajstić information content (AvgIpc) is 2.21. The van der Waals surface area contributed by atoms with Gasteiger partial charge in [-0.2, -0.15) is 0 Å². The number of β-amino-alcohol motifs (C(OH)–C–C–N with tert-alkyl or cyclic N) is 1. The van der Waals surface area contributed by atoms with Gasteiger partial charge in [-0.15, -0.1) is 0 Å². The maximum atomic E-state index is 9.60. The van der Waals surface area contributed by atoms with Crippen molar-refractivity contribution in [2.45, 2.75) is 39.3 Å². The summed E-state index contributed by atoms with van der Waals surface area (Å²) in [5.74, 6) is 0. The summed E-state index contributed by atoms with van der Waals surface area (Å²) in [7, 11) is 0. The number of hydrogen-bond donors (Lipinski definition) is 2. The number of nitrogens with one attached hydrogen (secondary N) is 1. The third-order valence-electron chi connectivity index (χ3n) is 2.43. The van der Waals surface area contributed by atoms with E-state index in [9.17, 15) is 4.79 Å². The van der Waals surface area contributed by atoms with Crippen LogP contribution in [0.1, 0.15) is 27.7 Å². The largest absolute Gasteiger partial charge is 0.462 e. The second kappa shape index (κ2) is 8.44. The van der Waals surface area contributed by atoms with Gasteiger partial charge in [0.1, 0.15) is 5.60 Å². The van der Waals surface area contributed by atoms with Crippen LogP contribution >= 0.6 is 0 Å². The molecule has 0 bridgehead atoms. The Morgan fingerprint density at radius 1 is 1.53 bits per heavy atom. The molecule has 1 rings (SSSR count). The molecule has 0 spiro atoms. The van der Waals surface area contributed by atoms with Crippen LogP contribution in [-0.4, -0.2) is 60.9 Å². The predicted octanol–water partition coefficient (Wildman–Crippen LogP) is 0.230. The van der Waals surface area contributed by atoms with E-state index in [1.807, 2.05) is 20.8 Å². The molecule has 0 amide bonds. The molecule has 5 heteroatoms. The number of aliphatic hydroxyl groups excluding tert-OH is 1. The van der Waals surface area contributed by atoms with Gasteiger partial charge in [0.25, 0.3) is 6.47 Å². The van der Waals surface area contributed by atoms with E-state index in [1.165, 1.54) is 0 Å². The predicted molar refractivity (Wildman–Crippen MR) is 67.9 cm³/mol. The van der Waals surface area contributed by atoms with E-state index in [2.05, 4.69) is 21.9 Å². The number of carbonyl (C=O) groups excluding carboxylic acids is 1. The quantitative estimate of drug-likeness (QED) is 0.698. The van der Waals surface area contributed by atoms with E-state index in [1.54, 1.807) is 0 Å². The van der Waals surface area contributed by atoms with Crippen LogP contribution in [0, 0.1) is 0 Å². The Bertz CT molecular complexity index is 202. The second-order valence-electron chi connectivity index (χ2n) is 5.14. The fourth-order valence-corrected chi connectivity index (χ4v) is 1.49. The van der Waals surface area contributed by atoms with Gasteiger partial charge in [0.2, 0.25) is 0 Å². The third-order valence-corrected chi connectivity index (χ3v) is 2.43. The summed E-state index contributed by atoms with van der Waals surface area (Å²) in [6.45, 7) is 12.4. The highest BCUT2D eigenvalue weighted by Crippen LogP contribution is 2.02. The first-order valence-electron chi connectivity index (χ1n) is 6.08. The van der Waals surface area contributed by atoms with Crippen molar-refractivity contribution in [1.82, 2.24) is 10.2 Å². The Labute approximate surface area is 104 Å². The van der Waals surface area contributed by atoms with Crippen LogP contribution in [0.2, 0.25) is 0 Å². The molecule has 0 aromatic heterocycles. The molecule has 1 aliphatic heterocycles. The van der Waals surface area contributed by atoms with Crippen LogP contribution < -0.4 is 5.32 Å². The number of nitrogens with zero attached hydrogens (tertiary/aromatic N) is 1. The molecular weight excluding hydrogens is 220 g/mol. The first kappa shape index (κ1) is 16.4. The van der Waals surface area contributed by atoms with Crippen molar-refractivity contribution in [2.24, 2.45) is 0 Å². The Morgan fingerprint density at radius 2 is 2.18 bits per heavy atom. The van der Waals surface area contributed by atoms with Crippen molar-refractivity contribution >= 4 is 6.47 Å². The molecule has 102 valence electrons. The molecule has 0 aromatic rings. The fraction of sp³-hybridized carbons (Fsp3) is 0.917. The third kappa shape index (κ3) is 9.09. The molecular formula is C12H26N2O3. The minimum atomic E-state index is -0.318. The molecule has 1 atom stereocenters. The summed E-state index contributed by atoms with van der Waals surface area (Å²) in [4.78, 5) is 11.9. The van der Waals surface area contributed by atoms with E-state index in [-0.39, 0.29) is 12.2 Å². The van der Waals surface area contributed by atoms with Crippen LogP contribution in [0.25, 0.3) is 0 Å². The van der Waals surface area contributed by atoms with Crippen molar-refractivity contribution < 1.29 is 14.6 Å². The summed E-state index contributed by atoms with van der Waals surface area (Å²) in [5, 5.41) is 12.0. The zero-order valence-corrected chi connectivity index (χ0v) is 11.4. The first-order valence-corrected chi connectivity index (χ1v) is 6.08. The van der Waals surface area contributed by atoms with Crippen LogP contribution in [0.15, 0.2) is 0 Å². The number of piperazine rings is 1. The Morgan fingerprint density at radius 3 is 2.53 bits per heavy atom. The van der Waals surface area contributed by atoms with Gasteiger partial charge in [0, 0.05) is 32.2 Å². The zero-order valence-electron chi connectivity index (χ0n) is 11.4. The Balaban J connectivity index is 0.000000325. The molecule has 0 aromatic carbocycles. The molecule has 1 fully saturated rings. The minimum absolute atomic E-state index is 0.282. The fourth-order valence-electron chi connectivity index (χ4n) is 1.49. The lowest BCUT2D eigenvalue weighted by Gasteiger charge is -2.33. The minimum Gasteiger partial charge on any atom is -0.462 e. The second-order valence-corrected chi connectivity index (χ2v) is 5.14. The molecule has 0 saturated carbocycles. The summed E-state index contributed by atoms with van der Waals surface area (Å²) < 4.78 is 4.55. The van der Waals surface area contributed by atoms with E-state index in [4.69, 9.17) is 5.11 Å². The van der Waals surface area contributed by atoms with E-state index < -0.39 is 0 Å². The van der Waals surface area contributed by atoms with Gasteiger partial charge in [-0.1, -0.05) is 0 Å². The van der Waals surface area contributed by atoms with E-state index in [0.29, 0.717) is 12.5 Å². The summed E-state index contributed by atoms with van der Waals surface area (Å²) in [6, 6.07) is 0.584. The van der Waals surface area contributed by atoms with Gasteiger partial charge in [0.05, 0.1) is 6.61 Å². The van der Waals surface area contributed by atoms with Crippen molar-refractivity contribution in [1.29, 1.82) is 0 Å². The van der Waals surface area contributed by atoms with Gasteiger partial charge < -0.3 is 15.2 Å². The highest BCUT2D eigenvalue weighted by Gasteiger charge is 2.15. The van der Waals surface area contributed by atoms with Gasteiger partial charge in [-0.3, -0.25) is 9.69 Å². The monoisotopic (exact) mass is 246 g/mol. The standard InChI is InChI=1S/C7H16N2O.C5H10O2/c1-7-6-8-2-3-9(7)4-5-10;1-5(2,3)7-4-6/h7-8,10H,2-6H2,1H3;4H,1-3H3. The average molecular weight is 246 g/mol. The lowest BCUT2D eigenvalue weighted by atomic mass is 10.2. The molecule has 1 aliphatic rings. The summed E-state index contributed by atoms with van der Waals surface area (Å²) >= 11 is 0. The van der Waals surface area contributed by atoms with Gasteiger partial charge >= 0.3 is 0 Å². The highest BCUT2D eigenvalue weighted by molar-refractivity contribution is 5.37. The van der Waals surface area contributed by atoms with Crippen LogP contribution in [0.5, 0.6) is 0 Å². The molecule has 1 unspecified atom stereocenters. The van der Waals surface area contributed by atoms with Crippen LogP contribution in [0.3, 0.4) is 0 Å². The Kier molecular flexibility index (Phi) is 8.12. The number of aliphatic hydroxyl groups is 1. The highest BCUT2D eigenvalue weighted by atomic mass is 16.5. The van der Waals surface area contributed by atoms with Gasteiger partial charge in [-0.05, 0) is 27.7 Å². The van der Waals surface area contributed by atoms with Gasteiger partial charge in [-0.25, -0.2) is 0 Å². The Hall–Kier alpha value is -0.650. The normalized spacial score (nSPS) is 21.4. The number of rotatable bonds is 3. The molecule has 17 heavy (non-hydrogen) atoms. The molecule has 2 N–H and O–H groups in total. The van der Waals surface area contributed by atoms with Crippen LogP contribution in [-0.2, 0) is 9.53 Å². The maximum Gasteiger partial charge on any atom is 0.293 e. The number of carbonyl (C=O) groups is 1. The summed E-state index contributed by atoms with van der Waals surface area (Å²) in [5.41, 5.74) is -0.318. The van der Waals surface area contributed by atoms with Crippen molar-refractivity contribution in [3.63, 3.8) is 0 Å². The van der Waals surface area contributed by atoms with Crippen LogP contribution in [0.4, 0.5) is 0 Å². The van der Waals surface area contributed by atoms with Crippen molar-refractivity contribution in [2.75, 3.05) is 32.8 Å². The molecule has 5 nitrogen and oxygen atoms in total. The SMILES string of the molecule is CC(C)(C)OC=O.CC1CNCCN1CCO. The molecule has 0 aliphatic carbocycles. The van der Waals surface area contributed by atoms with Crippen molar-refractivity contribution in [3.8, 4) is 0 Å². The molecule has 1 heterocycles. The smallest absolute Gasteiger partial charge is 0.293 e. The molecule has 0 radical (unpaired) electrons. The molecule has 1 saturated heterocycles. The zero-order chi connectivity index (χ0) is 13.3. The van der Waals surface area contributed by atoms with E-state index in [0.717, 1.165) is 26.2 Å². The van der Waals surface area contributed by atoms with Crippen molar-refractivity contribution in [3.05, 3.63) is 0 Å². The van der Waals surface area contributed by atoms with Gasteiger partial charge in [0.15, 0.2) is 0 Å².